The average Bonchev–Trinajstić information content (AvgIpc) is 2.41. The number of nitrogens with one attached hydrogen (secondary N) is 1. The zero-order chi connectivity index (χ0) is 14.7. The molecule has 2 rings (SSSR count). The number of amides is 1. The van der Waals surface area contributed by atoms with E-state index in [4.69, 9.17) is 5.11 Å². The zero-order valence-corrected chi connectivity index (χ0v) is 12.1. The summed E-state index contributed by atoms with van der Waals surface area (Å²) in [5.74, 6) is -1.50. The van der Waals surface area contributed by atoms with E-state index in [1.54, 1.807) is 31.3 Å². The Bertz CT molecular complexity index is 686. The fourth-order valence-corrected chi connectivity index (χ4v) is 2.08. The van der Waals surface area contributed by atoms with Crippen molar-refractivity contribution in [3.05, 3.63) is 57.8 Å². The molecule has 102 valence electrons. The Morgan fingerprint density at radius 1 is 1.25 bits per heavy atom. The molecule has 0 aliphatic heterocycles. The number of aryl methyl sites for hydroxylation is 1. The van der Waals surface area contributed by atoms with Gasteiger partial charge >= 0.3 is 5.97 Å². The summed E-state index contributed by atoms with van der Waals surface area (Å²) in [4.78, 5) is 27.3. The maximum absolute atomic E-state index is 12.1. The van der Waals surface area contributed by atoms with Crippen LogP contribution in [-0.2, 0) is 0 Å². The Kier molecular flexibility index (Phi) is 4.14. The number of rotatable bonds is 3. The maximum Gasteiger partial charge on any atom is 0.337 e. The summed E-state index contributed by atoms with van der Waals surface area (Å²) in [7, 11) is 0. The van der Waals surface area contributed by atoms with Crippen LogP contribution in [0.1, 0.15) is 26.4 Å². The fourth-order valence-electron chi connectivity index (χ4n) is 1.72. The molecular formula is C14H11BrN2O3. The van der Waals surface area contributed by atoms with Crippen molar-refractivity contribution < 1.29 is 14.7 Å². The Morgan fingerprint density at radius 3 is 2.65 bits per heavy atom. The van der Waals surface area contributed by atoms with Crippen LogP contribution in [0, 0.1) is 6.92 Å². The number of carboxylic acids is 1. The third-order valence-electron chi connectivity index (χ3n) is 2.71. The monoisotopic (exact) mass is 334 g/mol. The molecule has 2 N–H and O–H groups in total. The molecule has 0 spiro atoms. The lowest BCUT2D eigenvalue weighted by molar-refractivity contribution is 0.0698. The molecule has 0 saturated heterocycles. The van der Waals surface area contributed by atoms with E-state index < -0.39 is 5.97 Å². The van der Waals surface area contributed by atoms with Crippen LogP contribution >= 0.6 is 15.9 Å². The minimum atomic E-state index is -1.11. The molecule has 0 unspecified atom stereocenters. The molecule has 2 aromatic rings. The molecule has 0 saturated carbocycles. The number of hydrogen-bond acceptors (Lipinski definition) is 3. The van der Waals surface area contributed by atoms with E-state index in [0.29, 0.717) is 15.7 Å². The van der Waals surface area contributed by atoms with Gasteiger partial charge in [-0.2, -0.15) is 0 Å². The van der Waals surface area contributed by atoms with Crippen molar-refractivity contribution in [2.24, 2.45) is 0 Å². The number of anilines is 1. The molecule has 0 fully saturated rings. The highest BCUT2D eigenvalue weighted by molar-refractivity contribution is 9.10. The van der Waals surface area contributed by atoms with Crippen LogP contribution in [0.5, 0.6) is 0 Å². The van der Waals surface area contributed by atoms with Gasteiger partial charge in [0, 0.05) is 16.4 Å². The van der Waals surface area contributed by atoms with Crippen LogP contribution in [0.4, 0.5) is 5.69 Å². The molecule has 20 heavy (non-hydrogen) atoms. The molecule has 0 atom stereocenters. The first-order valence-corrected chi connectivity index (χ1v) is 6.54. The third kappa shape index (κ3) is 3.03. The first-order chi connectivity index (χ1) is 9.49. The summed E-state index contributed by atoms with van der Waals surface area (Å²) in [6, 6.07) is 7.93. The minimum absolute atomic E-state index is 0.0225. The smallest absolute Gasteiger partial charge is 0.337 e. The first-order valence-electron chi connectivity index (χ1n) is 5.75. The van der Waals surface area contributed by atoms with Crippen LogP contribution in [-0.4, -0.2) is 22.0 Å². The molecule has 0 radical (unpaired) electrons. The highest BCUT2D eigenvalue weighted by atomic mass is 79.9. The number of aromatic nitrogens is 1. The first kappa shape index (κ1) is 14.2. The number of halogens is 1. The van der Waals surface area contributed by atoms with Crippen LogP contribution in [0.3, 0.4) is 0 Å². The van der Waals surface area contributed by atoms with Crippen molar-refractivity contribution in [3.63, 3.8) is 0 Å². The quantitative estimate of drug-likeness (QED) is 0.903. The molecule has 6 heteroatoms. The molecular weight excluding hydrogens is 324 g/mol. The Labute approximate surface area is 123 Å². The van der Waals surface area contributed by atoms with Gasteiger partial charge in [-0.15, -0.1) is 0 Å². The Balaban J connectivity index is 2.33. The highest BCUT2D eigenvalue weighted by Crippen LogP contribution is 2.22. The van der Waals surface area contributed by atoms with Gasteiger partial charge in [0.1, 0.15) is 0 Å². The predicted octanol–water partition coefficient (Wildman–Crippen LogP) is 3.10. The van der Waals surface area contributed by atoms with E-state index in [2.05, 4.69) is 26.2 Å². The minimum Gasteiger partial charge on any atom is -0.478 e. The van der Waals surface area contributed by atoms with E-state index in [1.807, 2.05) is 0 Å². The van der Waals surface area contributed by atoms with Crippen LogP contribution in [0.25, 0.3) is 0 Å². The van der Waals surface area contributed by atoms with Gasteiger partial charge < -0.3 is 10.4 Å². The second kappa shape index (κ2) is 5.83. The van der Waals surface area contributed by atoms with Gasteiger partial charge in [0.05, 0.1) is 16.8 Å². The zero-order valence-electron chi connectivity index (χ0n) is 10.6. The standard InChI is InChI=1S/C14H11BrN2O3/c1-8-10(3-2-6-16-8)13(18)17-12-5-4-9(15)7-11(12)14(19)20/h2-7H,1H3,(H,17,18)(H,19,20). The number of carbonyl (C=O) groups is 2. The second-order valence-electron chi connectivity index (χ2n) is 4.09. The summed E-state index contributed by atoms with van der Waals surface area (Å²) in [5.41, 5.74) is 1.26. The van der Waals surface area contributed by atoms with Crippen LogP contribution < -0.4 is 5.32 Å². The number of hydrogen-bond donors (Lipinski definition) is 2. The van der Waals surface area contributed by atoms with Gasteiger partial charge in [-0.25, -0.2) is 4.79 Å². The van der Waals surface area contributed by atoms with E-state index in [-0.39, 0.29) is 17.2 Å². The maximum atomic E-state index is 12.1. The Hall–Kier alpha value is -2.21. The van der Waals surface area contributed by atoms with Crippen LogP contribution in [0.2, 0.25) is 0 Å². The van der Waals surface area contributed by atoms with Crippen LogP contribution in [0.15, 0.2) is 41.0 Å². The predicted molar refractivity (Wildman–Crippen MR) is 78.0 cm³/mol. The summed E-state index contributed by atoms with van der Waals surface area (Å²) in [6.07, 6.45) is 1.59. The molecule has 1 heterocycles. The number of benzene rings is 1. The lowest BCUT2D eigenvalue weighted by Crippen LogP contribution is -2.16. The van der Waals surface area contributed by atoms with Gasteiger partial charge in [-0.1, -0.05) is 15.9 Å². The third-order valence-corrected chi connectivity index (χ3v) is 3.21. The molecule has 1 amide bonds. The SMILES string of the molecule is Cc1ncccc1C(=O)Nc1ccc(Br)cc1C(=O)O. The summed E-state index contributed by atoms with van der Waals surface area (Å²) in [5, 5.41) is 11.7. The van der Waals surface area contributed by atoms with Crippen molar-refractivity contribution in [2.75, 3.05) is 5.32 Å². The number of carboxylic acid groups (broad SMARTS) is 1. The van der Waals surface area contributed by atoms with Crippen molar-refractivity contribution in [1.29, 1.82) is 0 Å². The number of nitrogens with zero attached hydrogens (tertiary/aromatic N) is 1. The number of pyridine rings is 1. The highest BCUT2D eigenvalue weighted by Gasteiger charge is 2.15. The normalized spacial score (nSPS) is 10.1. The van der Waals surface area contributed by atoms with Gasteiger partial charge in [0.15, 0.2) is 0 Å². The number of carbonyl (C=O) groups excluding carboxylic acids is 1. The molecule has 0 bridgehead atoms. The van der Waals surface area contributed by atoms with Gasteiger partial charge in [-0.05, 0) is 37.3 Å². The second-order valence-corrected chi connectivity index (χ2v) is 5.00. The van der Waals surface area contributed by atoms with E-state index >= 15 is 0 Å². The van der Waals surface area contributed by atoms with E-state index in [1.165, 1.54) is 12.1 Å². The van der Waals surface area contributed by atoms with Gasteiger partial charge in [0.2, 0.25) is 0 Å². The molecule has 1 aromatic heterocycles. The molecule has 5 nitrogen and oxygen atoms in total. The number of aromatic carboxylic acids is 1. The Morgan fingerprint density at radius 2 is 2.00 bits per heavy atom. The van der Waals surface area contributed by atoms with Gasteiger partial charge in [-0.3, -0.25) is 9.78 Å². The van der Waals surface area contributed by atoms with E-state index in [9.17, 15) is 9.59 Å². The lowest BCUT2D eigenvalue weighted by Gasteiger charge is -2.10. The van der Waals surface area contributed by atoms with Gasteiger partial charge in [0.25, 0.3) is 5.91 Å². The average molecular weight is 335 g/mol. The molecule has 0 aliphatic rings. The summed E-state index contributed by atoms with van der Waals surface area (Å²) >= 11 is 3.20. The topological polar surface area (TPSA) is 79.3 Å². The summed E-state index contributed by atoms with van der Waals surface area (Å²) < 4.78 is 0.630. The van der Waals surface area contributed by atoms with Crippen molar-refractivity contribution in [2.45, 2.75) is 6.92 Å². The molecule has 0 aliphatic carbocycles. The van der Waals surface area contributed by atoms with E-state index in [0.717, 1.165) is 0 Å². The van der Waals surface area contributed by atoms with Crippen molar-refractivity contribution in [1.82, 2.24) is 4.98 Å². The fraction of sp³-hybridized carbons (Fsp3) is 0.0714. The van der Waals surface area contributed by atoms with Crippen molar-refractivity contribution >= 4 is 33.5 Å². The summed E-state index contributed by atoms with van der Waals surface area (Å²) in [6.45, 7) is 1.72. The lowest BCUT2D eigenvalue weighted by atomic mass is 10.1. The largest absolute Gasteiger partial charge is 0.478 e. The van der Waals surface area contributed by atoms with Crippen molar-refractivity contribution in [3.8, 4) is 0 Å². The molecule has 1 aromatic carbocycles.